The first-order valence-electron chi connectivity index (χ1n) is 13.1. The Labute approximate surface area is 217 Å². The Bertz CT molecular complexity index is 1120. The van der Waals surface area contributed by atoms with Crippen molar-refractivity contribution in [2.75, 3.05) is 24.5 Å². The monoisotopic (exact) mass is 510 g/mol. The predicted molar refractivity (Wildman–Crippen MR) is 140 cm³/mol. The maximum Gasteiger partial charge on any atom is 0.267 e. The van der Waals surface area contributed by atoms with Crippen LogP contribution < -0.4 is 10.6 Å². The molecule has 1 aromatic heterocycles. The molecule has 2 aliphatic heterocycles. The lowest BCUT2D eigenvalue weighted by Crippen LogP contribution is -2.50. The molecule has 2 aromatic rings. The van der Waals surface area contributed by atoms with E-state index >= 15 is 0 Å². The van der Waals surface area contributed by atoms with Gasteiger partial charge in [-0.25, -0.2) is 0 Å². The highest BCUT2D eigenvalue weighted by Gasteiger charge is 2.50. The van der Waals surface area contributed by atoms with Crippen molar-refractivity contribution in [3.05, 3.63) is 58.4 Å². The van der Waals surface area contributed by atoms with Crippen LogP contribution in [0.1, 0.15) is 66.6 Å². The highest BCUT2D eigenvalue weighted by molar-refractivity contribution is 6.33. The summed E-state index contributed by atoms with van der Waals surface area (Å²) in [6.07, 6.45) is 9.32. The van der Waals surface area contributed by atoms with Gasteiger partial charge in [0, 0.05) is 31.9 Å². The summed E-state index contributed by atoms with van der Waals surface area (Å²) >= 11 is 6.77. The second kappa shape index (κ2) is 10.4. The lowest BCUT2D eigenvalue weighted by Gasteiger charge is -2.41. The number of primary amides is 1. The number of aromatic nitrogens is 1. The number of anilines is 1. The van der Waals surface area contributed by atoms with Crippen molar-refractivity contribution in [2.24, 2.45) is 11.1 Å². The molecular weight excluding hydrogens is 476 g/mol. The third-order valence-electron chi connectivity index (χ3n) is 8.36. The SMILES string of the molecule is NC(=O)c1ccc(CCc2ccc(N3CCCC4(CCN(C5CCC(O)CC5)C4=O)C3)c(Cl)c2)cn1. The van der Waals surface area contributed by atoms with Gasteiger partial charge in [-0.3, -0.25) is 14.6 Å². The largest absolute Gasteiger partial charge is 0.393 e. The molecule has 2 saturated heterocycles. The zero-order chi connectivity index (χ0) is 25.3. The van der Waals surface area contributed by atoms with E-state index in [1.807, 2.05) is 12.1 Å². The summed E-state index contributed by atoms with van der Waals surface area (Å²) in [6, 6.07) is 10.0. The third kappa shape index (κ3) is 5.09. The van der Waals surface area contributed by atoms with E-state index in [0.29, 0.717) is 12.5 Å². The molecule has 36 heavy (non-hydrogen) atoms. The van der Waals surface area contributed by atoms with Crippen LogP contribution in [0.15, 0.2) is 36.5 Å². The number of nitrogens with zero attached hydrogens (tertiary/aromatic N) is 3. The molecule has 8 heteroatoms. The number of carbonyl (C=O) groups excluding carboxylic acids is 2. The number of aliphatic hydroxyl groups excluding tert-OH is 1. The van der Waals surface area contributed by atoms with Crippen molar-refractivity contribution in [1.82, 2.24) is 9.88 Å². The van der Waals surface area contributed by atoms with E-state index in [2.05, 4.69) is 26.9 Å². The van der Waals surface area contributed by atoms with Crippen LogP contribution in [0.3, 0.4) is 0 Å². The number of hydrogen-bond acceptors (Lipinski definition) is 5. The number of carbonyl (C=O) groups is 2. The molecule has 7 nitrogen and oxygen atoms in total. The second-order valence-corrected chi connectivity index (χ2v) is 11.1. The molecule has 1 aromatic carbocycles. The summed E-state index contributed by atoms with van der Waals surface area (Å²) in [5.74, 6) is -0.221. The number of nitrogens with two attached hydrogens (primary N) is 1. The van der Waals surface area contributed by atoms with Crippen molar-refractivity contribution >= 4 is 29.1 Å². The maximum absolute atomic E-state index is 13.6. The van der Waals surface area contributed by atoms with Gasteiger partial charge in [0.1, 0.15) is 5.69 Å². The quantitative estimate of drug-likeness (QED) is 0.616. The average Bonchev–Trinajstić information content (AvgIpc) is 3.18. The summed E-state index contributed by atoms with van der Waals surface area (Å²) < 4.78 is 0. The van der Waals surface area contributed by atoms with Crippen LogP contribution in [-0.4, -0.2) is 58.6 Å². The normalized spacial score (nSPS) is 26.6. The van der Waals surface area contributed by atoms with Crippen LogP contribution in [-0.2, 0) is 17.6 Å². The van der Waals surface area contributed by atoms with Gasteiger partial charge >= 0.3 is 0 Å². The second-order valence-electron chi connectivity index (χ2n) is 10.7. The fourth-order valence-electron chi connectivity index (χ4n) is 6.25. The van der Waals surface area contributed by atoms with Crippen molar-refractivity contribution in [1.29, 1.82) is 0 Å². The summed E-state index contributed by atoms with van der Waals surface area (Å²) in [7, 11) is 0. The highest BCUT2D eigenvalue weighted by Crippen LogP contribution is 2.44. The Hall–Kier alpha value is -2.64. The topological polar surface area (TPSA) is 99.8 Å². The molecule has 3 heterocycles. The van der Waals surface area contributed by atoms with Gasteiger partial charge in [0.05, 0.1) is 22.2 Å². The van der Waals surface area contributed by atoms with E-state index in [1.165, 1.54) is 0 Å². The minimum absolute atomic E-state index is 0.206. The van der Waals surface area contributed by atoms with Crippen molar-refractivity contribution in [3.63, 3.8) is 0 Å². The molecule has 2 amide bonds. The summed E-state index contributed by atoms with van der Waals surface area (Å²) in [6.45, 7) is 2.45. The number of aliphatic hydroxyl groups is 1. The number of halogens is 1. The predicted octanol–water partition coefficient (Wildman–Crippen LogP) is 3.74. The molecule has 1 spiro atoms. The van der Waals surface area contributed by atoms with Crippen LogP contribution in [0, 0.1) is 5.41 Å². The Kier molecular flexibility index (Phi) is 7.22. The smallest absolute Gasteiger partial charge is 0.267 e. The van der Waals surface area contributed by atoms with Crippen LogP contribution in [0.2, 0.25) is 5.02 Å². The first-order valence-corrected chi connectivity index (χ1v) is 13.5. The highest BCUT2D eigenvalue weighted by atomic mass is 35.5. The Morgan fingerprint density at radius 1 is 1.08 bits per heavy atom. The first kappa shape index (κ1) is 25.0. The van der Waals surface area contributed by atoms with E-state index in [1.54, 1.807) is 12.3 Å². The Morgan fingerprint density at radius 3 is 2.53 bits per heavy atom. The fourth-order valence-corrected chi connectivity index (χ4v) is 6.57. The minimum atomic E-state index is -0.524. The number of likely N-dealkylation sites (tertiary alicyclic amines) is 1. The van der Waals surface area contributed by atoms with Crippen molar-refractivity contribution < 1.29 is 14.7 Å². The summed E-state index contributed by atoms with van der Waals surface area (Å²) in [5, 5.41) is 10.6. The molecule has 5 rings (SSSR count). The van der Waals surface area contributed by atoms with E-state index in [4.69, 9.17) is 17.3 Å². The molecule has 192 valence electrons. The zero-order valence-electron chi connectivity index (χ0n) is 20.7. The zero-order valence-corrected chi connectivity index (χ0v) is 21.4. The van der Waals surface area contributed by atoms with Crippen molar-refractivity contribution in [3.8, 4) is 0 Å². The molecular formula is C28H35ClN4O3. The Balaban J connectivity index is 1.23. The third-order valence-corrected chi connectivity index (χ3v) is 8.66. The van der Waals surface area contributed by atoms with E-state index in [9.17, 15) is 14.7 Å². The summed E-state index contributed by atoms with van der Waals surface area (Å²) in [4.78, 5) is 33.4. The van der Waals surface area contributed by atoms with Crippen LogP contribution in [0.25, 0.3) is 0 Å². The molecule has 0 radical (unpaired) electrons. The first-order chi connectivity index (χ1) is 17.3. The Morgan fingerprint density at radius 2 is 1.83 bits per heavy atom. The number of hydrogen-bond donors (Lipinski definition) is 2. The van der Waals surface area contributed by atoms with Gasteiger partial charge in [-0.2, -0.15) is 0 Å². The van der Waals surface area contributed by atoms with E-state index in [-0.39, 0.29) is 23.3 Å². The van der Waals surface area contributed by atoms with Crippen LogP contribution in [0.5, 0.6) is 0 Å². The lowest BCUT2D eigenvalue weighted by atomic mass is 9.78. The van der Waals surface area contributed by atoms with Gasteiger partial charge in [-0.05, 0) is 87.1 Å². The van der Waals surface area contributed by atoms with Gasteiger partial charge in [-0.15, -0.1) is 0 Å². The number of amides is 2. The number of pyridine rings is 1. The standard InChI is InChI=1S/C28H35ClN4O3/c29-23-16-19(2-3-20-4-10-24(26(30)35)31-17-20)5-11-25(23)32-14-1-12-28(18-32)13-15-33(27(28)36)21-6-8-22(34)9-7-21/h4-5,10-11,16-17,21-22,34H,1-3,6-9,12-15,18H2,(H2,30,35). The maximum atomic E-state index is 13.6. The molecule has 1 aliphatic carbocycles. The number of benzene rings is 1. The van der Waals surface area contributed by atoms with Crippen LogP contribution in [0.4, 0.5) is 5.69 Å². The summed E-state index contributed by atoms with van der Waals surface area (Å²) in [5.41, 5.74) is 8.39. The molecule has 0 bridgehead atoms. The molecule has 3 fully saturated rings. The molecule has 3 N–H and O–H groups in total. The molecule has 1 unspecified atom stereocenters. The van der Waals surface area contributed by atoms with Gasteiger partial charge in [0.15, 0.2) is 0 Å². The van der Waals surface area contributed by atoms with Gasteiger partial charge in [-0.1, -0.05) is 23.7 Å². The van der Waals surface area contributed by atoms with Crippen molar-refractivity contribution in [2.45, 2.75) is 69.9 Å². The lowest BCUT2D eigenvalue weighted by molar-refractivity contribution is -0.139. The number of piperidine rings is 1. The van der Waals surface area contributed by atoms with Gasteiger partial charge < -0.3 is 20.6 Å². The molecule has 1 atom stereocenters. The van der Waals surface area contributed by atoms with E-state index < -0.39 is 5.91 Å². The number of aryl methyl sites for hydroxylation is 2. The minimum Gasteiger partial charge on any atom is -0.393 e. The van der Waals surface area contributed by atoms with E-state index in [0.717, 1.165) is 92.7 Å². The van der Waals surface area contributed by atoms with Gasteiger partial charge in [0.25, 0.3) is 5.91 Å². The molecule has 3 aliphatic rings. The fraction of sp³-hybridized carbons (Fsp3) is 0.536. The average molecular weight is 511 g/mol. The van der Waals surface area contributed by atoms with Gasteiger partial charge in [0.2, 0.25) is 5.91 Å². The number of rotatable bonds is 6. The molecule has 1 saturated carbocycles. The van der Waals surface area contributed by atoms with Crippen LogP contribution >= 0.6 is 11.6 Å².